The lowest BCUT2D eigenvalue weighted by Crippen LogP contribution is -2.34. The van der Waals surface area contributed by atoms with E-state index in [1.54, 1.807) is 13.0 Å². The van der Waals surface area contributed by atoms with Gasteiger partial charge in [-0.2, -0.15) is 0 Å². The van der Waals surface area contributed by atoms with Crippen LogP contribution in [0.15, 0.2) is 18.2 Å². The minimum absolute atomic E-state index is 0.108. The van der Waals surface area contributed by atoms with Crippen molar-refractivity contribution in [3.8, 4) is 5.75 Å². The topological polar surface area (TPSA) is 61.5 Å². The fourth-order valence-corrected chi connectivity index (χ4v) is 2.48. The fourth-order valence-electron chi connectivity index (χ4n) is 2.48. The molecule has 0 spiro atoms. The van der Waals surface area contributed by atoms with Crippen LogP contribution in [0.2, 0.25) is 0 Å². The maximum atomic E-state index is 13.3. The number of ether oxygens (including phenoxy) is 2. The molecule has 0 heterocycles. The molecule has 1 rings (SSSR count). The normalized spacial score (nSPS) is 15.4. The second kappa shape index (κ2) is 7.41. The van der Waals surface area contributed by atoms with E-state index in [2.05, 4.69) is 0 Å². The first-order chi connectivity index (χ1) is 9.77. The Morgan fingerprint density at radius 2 is 1.86 bits per heavy atom. The average molecular weight is 297 g/mol. The van der Waals surface area contributed by atoms with Gasteiger partial charge in [-0.05, 0) is 25.8 Å². The number of carbonyl (C=O) groups excluding carboxylic acids is 1. The van der Waals surface area contributed by atoms with Crippen molar-refractivity contribution in [1.29, 1.82) is 0 Å². The van der Waals surface area contributed by atoms with Gasteiger partial charge in [0.05, 0.1) is 7.11 Å². The van der Waals surface area contributed by atoms with Gasteiger partial charge in [0.25, 0.3) is 0 Å². The van der Waals surface area contributed by atoms with E-state index in [1.165, 1.54) is 19.2 Å². The molecular formula is C16H24FNO3. The van der Waals surface area contributed by atoms with E-state index in [-0.39, 0.29) is 23.8 Å². The molecule has 4 nitrogen and oxygen atoms in total. The number of hydrogen-bond acceptors (Lipinski definition) is 4. The van der Waals surface area contributed by atoms with E-state index in [4.69, 9.17) is 15.2 Å². The second-order valence-electron chi connectivity index (χ2n) is 5.59. The summed E-state index contributed by atoms with van der Waals surface area (Å²) in [5, 5.41) is 0. The summed E-state index contributed by atoms with van der Waals surface area (Å²) in [5.74, 6) is -0.284. The predicted molar refractivity (Wildman–Crippen MR) is 79.7 cm³/mol. The number of halogens is 1. The van der Waals surface area contributed by atoms with E-state index < -0.39 is 12.0 Å². The lowest BCUT2D eigenvalue weighted by atomic mass is 9.84. The molecule has 0 bridgehead atoms. The van der Waals surface area contributed by atoms with Crippen LogP contribution in [-0.2, 0) is 9.53 Å². The molecule has 118 valence electrons. The molecule has 0 saturated heterocycles. The molecular weight excluding hydrogens is 273 g/mol. The third kappa shape index (κ3) is 4.43. The van der Waals surface area contributed by atoms with Crippen molar-refractivity contribution in [2.24, 2.45) is 11.7 Å². The fraction of sp³-hybridized carbons (Fsp3) is 0.562. The van der Waals surface area contributed by atoms with Gasteiger partial charge < -0.3 is 15.2 Å². The van der Waals surface area contributed by atoms with Crippen LogP contribution in [0.5, 0.6) is 5.75 Å². The number of benzene rings is 1. The zero-order valence-corrected chi connectivity index (χ0v) is 13.2. The first kappa shape index (κ1) is 17.4. The summed E-state index contributed by atoms with van der Waals surface area (Å²) < 4.78 is 24.0. The highest BCUT2D eigenvalue weighted by molar-refractivity contribution is 5.75. The number of nitrogens with two attached hydrogens (primary N) is 1. The van der Waals surface area contributed by atoms with Gasteiger partial charge >= 0.3 is 5.97 Å². The number of methoxy groups -OCH3 is 1. The zero-order chi connectivity index (χ0) is 16.2. The number of esters is 1. The van der Waals surface area contributed by atoms with Gasteiger partial charge in [-0.3, -0.25) is 4.79 Å². The molecule has 1 aromatic carbocycles. The van der Waals surface area contributed by atoms with Crippen LogP contribution in [0.4, 0.5) is 4.39 Å². The largest absolute Gasteiger partial charge is 0.496 e. The number of rotatable bonds is 6. The Labute approximate surface area is 125 Å². The van der Waals surface area contributed by atoms with Gasteiger partial charge in [0.2, 0.25) is 0 Å². The van der Waals surface area contributed by atoms with Crippen molar-refractivity contribution < 1.29 is 18.7 Å². The Kier molecular flexibility index (Phi) is 6.15. The van der Waals surface area contributed by atoms with E-state index in [0.29, 0.717) is 5.75 Å². The van der Waals surface area contributed by atoms with Crippen molar-refractivity contribution in [2.75, 3.05) is 7.11 Å². The summed E-state index contributed by atoms with van der Waals surface area (Å²) in [7, 11) is 1.49. The summed E-state index contributed by atoms with van der Waals surface area (Å²) in [6.07, 6.45) is -0.386. The lowest BCUT2D eigenvalue weighted by molar-refractivity contribution is -0.151. The van der Waals surface area contributed by atoms with Crippen LogP contribution in [0, 0.1) is 11.7 Å². The molecule has 3 atom stereocenters. The molecule has 5 heteroatoms. The lowest BCUT2D eigenvalue weighted by Gasteiger charge is -2.29. The highest BCUT2D eigenvalue weighted by atomic mass is 19.1. The van der Waals surface area contributed by atoms with E-state index >= 15 is 0 Å². The van der Waals surface area contributed by atoms with Gasteiger partial charge in [0, 0.05) is 17.5 Å². The maximum Gasteiger partial charge on any atom is 0.322 e. The van der Waals surface area contributed by atoms with Crippen molar-refractivity contribution >= 4 is 5.97 Å². The molecule has 0 aliphatic carbocycles. The van der Waals surface area contributed by atoms with Crippen LogP contribution in [0.1, 0.15) is 39.2 Å². The molecule has 0 saturated carbocycles. The Morgan fingerprint density at radius 1 is 1.24 bits per heavy atom. The number of carbonyl (C=O) groups is 1. The van der Waals surface area contributed by atoms with Gasteiger partial charge in [-0.25, -0.2) is 4.39 Å². The average Bonchev–Trinajstić information content (AvgIpc) is 2.39. The molecule has 0 aliphatic rings. The summed E-state index contributed by atoms with van der Waals surface area (Å²) >= 11 is 0. The Morgan fingerprint density at radius 3 is 2.33 bits per heavy atom. The Balaban J connectivity index is 3.09. The monoisotopic (exact) mass is 297 g/mol. The first-order valence-electron chi connectivity index (χ1n) is 7.07. The molecule has 0 aliphatic heterocycles. The van der Waals surface area contributed by atoms with Crippen LogP contribution in [0.25, 0.3) is 0 Å². The minimum Gasteiger partial charge on any atom is -0.496 e. The highest BCUT2D eigenvalue weighted by Gasteiger charge is 2.29. The van der Waals surface area contributed by atoms with Gasteiger partial charge in [-0.15, -0.1) is 0 Å². The predicted octanol–water partition coefficient (Wildman–Crippen LogP) is 2.85. The van der Waals surface area contributed by atoms with Crippen LogP contribution < -0.4 is 10.5 Å². The summed E-state index contributed by atoms with van der Waals surface area (Å²) in [5.41, 5.74) is 6.34. The van der Waals surface area contributed by atoms with Crippen molar-refractivity contribution in [1.82, 2.24) is 0 Å². The van der Waals surface area contributed by atoms with Gasteiger partial charge in [0.15, 0.2) is 0 Å². The second-order valence-corrected chi connectivity index (χ2v) is 5.59. The molecule has 0 fully saturated rings. The van der Waals surface area contributed by atoms with Gasteiger partial charge in [0.1, 0.15) is 23.7 Å². The van der Waals surface area contributed by atoms with Crippen LogP contribution >= 0.6 is 0 Å². The van der Waals surface area contributed by atoms with Crippen molar-refractivity contribution in [3.05, 3.63) is 29.6 Å². The molecule has 0 aromatic heterocycles. The van der Waals surface area contributed by atoms with Crippen molar-refractivity contribution in [2.45, 2.75) is 45.8 Å². The molecule has 0 radical (unpaired) electrons. The van der Waals surface area contributed by atoms with E-state index in [9.17, 15) is 9.18 Å². The Hall–Kier alpha value is -1.62. The van der Waals surface area contributed by atoms with E-state index in [1.807, 2.05) is 20.8 Å². The van der Waals surface area contributed by atoms with E-state index in [0.717, 1.165) is 5.56 Å². The Bertz CT molecular complexity index is 488. The highest BCUT2D eigenvalue weighted by Crippen LogP contribution is 2.36. The summed E-state index contributed by atoms with van der Waals surface area (Å²) in [6, 6.07) is 3.73. The standard InChI is InChI=1S/C16H24FNO3/c1-9(2)15(11(4)21-16(19)10(3)18)13-7-6-12(17)8-14(13)20-5/h6-11,15H,18H2,1-5H3/t10-,11-,15+/m0/s1. The first-order valence-corrected chi connectivity index (χ1v) is 7.07. The smallest absolute Gasteiger partial charge is 0.322 e. The molecule has 0 unspecified atom stereocenters. The van der Waals surface area contributed by atoms with Crippen LogP contribution in [-0.4, -0.2) is 25.2 Å². The van der Waals surface area contributed by atoms with Crippen molar-refractivity contribution in [3.63, 3.8) is 0 Å². The molecule has 2 N–H and O–H groups in total. The number of hydrogen-bond donors (Lipinski definition) is 1. The molecule has 0 amide bonds. The zero-order valence-electron chi connectivity index (χ0n) is 13.2. The molecule has 21 heavy (non-hydrogen) atoms. The summed E-state index contributed by atoms with van der Waals surface area (Å²) in [4.78, 5) is 11.7. The quantitative estimate of drug-likeness (QED) is 0.820. The molecule has 1 aromatic rings. The maximum absolute atomic E-state index is 13.3. The SMILES string of the molecule is COc1cc(F)ccc1[C@H](C(C)C)[C@H](C)OC(=O)[C@H](C)N. The van der Waals surface area contributed by atoms with Gasteiger partial charge in [-0.1, -0.05) is 19.9 Å². The van der Waals surface area contributed by atoms with Crippen LogP contribution in [0.3, 0.4) is 0 Å². The third-order valence-electron chi connectivity index (χ3n) is 3.45. The minimum atomic E-state index is -0.671. The summed E-state index contributed by atoms with van der Waals surface area (Å²) in [6.45, 7) is 7.43. The third-order valence-corrected chi connectivity index (χ3v) is 3.45.